The summed E-state index contributed by atoms with van der Waals surface area (Å²) in [5.41, 5.74) is 0.865. The molecule has 6 nitrogen and oxygen atoms in total. The molecule has 2 aliphatic rings. The number of rotatable bonds is 7. The first-order chi connectivity index (χ1) is 12.6. The van der Waals surface area contributed by atoms with Gasteiger partial charge in [0.25, 0.3) is 0 Å². The van der Waals surface area contributed by atoms with Gasteiger partial charge in [-0.25, -0.2) is 4.39 Å². The summed E-state index contributed by atoms with van der Waals surface area (Å²) in [5, 5.41) is 15.9. The molecule has 1 unspecified atom stereocenters. The van der Waals surface area contributed by atoms with Gasteiger partial charge in [0.15, 0.2) is 0 Å². The normalized spacial score (nSPS) is 21.8. The number of benzene rings is 1. The molecule has 0 bridgehead atoms. The number of aliphatic hydroxyl groups is 1. The van der Waals surface area contributed by atoms with Crippen LogP contribution in [-0.2, 0) is 14.4 Å². The topological polar surface area (TPSA) is 80.2 Å². The van der Waals surface area contributed by atoms with Crippen LogP contribution in [0.25, 0.3) is 0 Å². The van der Waals surface area contributed by atoms with Crippen molar-refractivity contribution in [3.63, 3.8) is 0 Å². The maximum Gasteiger partial charge on any atom is 0.226 e. The lowest BCUT2D eigenvalue weighted by Gasteiger charge is -2.36. The molecule has 3 rings (SSSR count). The van der Waals surface area contributed by atoms with Crippen molar-refractivity contribution in [1.82, 2.24) is 5.32 Å². The molecule has 1 fully saturated rings. The van der Waals surface area contributed by atoms with Gasteiger partial charge in [-0.3, -0.25) is 4.79 Å². The third-order valence-electron chi connectivity index (χ3n) is 5.06. The van der Waals surface area contributed by atoms with Gasteiger partial charge in [-0.15, -0.1) is 0 Å². The lowest BCUT2D eigenvalue weighted by Crippen LogP contribution is -2.47. The van der Waals surface area contributed by atoms with Crippen molar-refractivity contribution in [2.24, 2.45) is 10.6 Å². The van der Waals surface area contributed by atoms with Crippen molar-refractivity contribution in [3.8, 4) is 0 Å². The number of hydrogen-bond acceptors (Lipinski definition) is 5. The van der Waals surface area contributed by atoms with E-state index in [2.05, 4.69) is 10.5 Å². The fraction of sp³-hybridized carbons (Fsp3) is 0.579. The summed E-state index contributed by atoms with van der Waals surface area (Å²) in [6.45, 7) is 1.58. The van der Waals surface area contributed by atoms with Crippen molar-refractivity contribution in [3.05, 3.63) is 35.6 Å². The van der Waals surface area contributed by atoms with Gasteiger partial charge in [0.2, 0.25) is 5.91 Å². The van der Waals surface area contributed by atoms with Crippen molar-refractivity contribution in [1.29, 1.82) is 0 Å². The van der Waals surface area contributed by atoms with Gasteiger partial charge in [0.05, 0.1) is 11.1 Å². The molecule has 26 heavy (non-hydrogen) atoms. The Kier molecular flexibility index (Phi) is 6.21. The summed E-state index contributed by atoms with van der Waals surface area (Å²) < 4.78 is 18.9. The maximum atomic E-state index is 13.4. The molecule has 7 heteroatoms. The van der Waals surface area contributed by atoms with Crippen molar-refractivity contribution in [2.45, 2.75) is 38.2 Å². The summed E-state index contributed by atoms with van der Waals surface area (Å²) in [5.74, 6) is -0.324. The van der Waals surface area contributed by atoms with Crippen LogP contribution in [0.5, 0.6) is 0 Å². The molecule has 2 heterocycles. The van der Waals surface area contributed by atoms with E-state index in [-0.39, 0.29) is 24.4 Å². The summed E-state index contributed by atoms with van der Waals surface area (Å²) in [6, 6.07) is 6.29. The zero-order valence-electron chi connectivity index (χ0n) is 14.7. The molecule has 1 amide bonds. The van der Waals surface area contributed by atoms with Gasteiger partial charge in [-0.05, 0) is 31.4 Å². The van der Waals surface area contributed by atoms with E-state index in [1.54, 1.807) is 12.1 Å². The predicted molar refractivity (Wildman–Crippen MR) is 94.2 cm³/mol. The van der Waals surface area contributed by atoms with E-state index in [9.17, 15) is 9.18 Å². The number of amides is 1. The Balaban J connectivity index is 1.64. The predicted octanol–water partition coefficient (Wildman–Crippen LogP) is 2.00. The molecule has 0 radical (unpaired) electrons. The summed E-state index contributed by atoms with van der Waals surface area (Å²) >= 11 is 0. The van der Waals surface area contributed by atoms with Crippen molar-refractivity contribution in [2.75, 3.05) is 26.4 Å². The van der Waals surface area contributed by atoms with Gasteiger partial charge in [-0.1, -0.05) is 17.3 Å². The average Bonchev–Trinajstić information content (AvgIpc) is 3.11. The zero-order chi connectivity index (χ0) is 18.4. The average molecular weight is 364 g/mol. The van der Waals surface area contributed by atoms with E-state index in [1.807, 2.05) is 0 Å². The largest absolute Gasteiger partial charge is 0.396 e. The van der Waals surface area contributed by atoms with Crippen LogP contribution in [0.1, 0.15) is 37.7 Å². The fourth-order valence-electron chi connectivity index (χ4n) is 3.57. The Morgan fingerprint density at radius 1 is 1.38 bits per heavy atom. The minimum Gasteiger partial charge on any atom is -0.396 e. The Hall–Kier alpha value is -1.99. The molecule has 0 spiro atoms. The standard InChI is InChI=1S/C19H25FN2O4/c20-15-4-1-3-14(11-15)17-12-16(26-22-17)13-19(5-9-25-10-6-19)18(24)21-7-2-8-23/h1,3-4,11,16,23H,2,5-10,12-13H2,(H,21,24). The molecule has 142 valence electrons. The Morgan fingerprint density at radius 3 is 2.92 bits per heavy atom. The minimum absolute atomic E-state index is 0.0166. The molecular formula is C19H25FN2O4. The fourth-order valence-corrected chi connectivity index (χ4v) is 3.57. The second kappa shape index (κ2) is 8.60. The highest BCUT2D eigenvalue weighted by atomic mass is 19.1. The second-order valence-corrected chi connectivity index (χ2v) is 6.91. The Morgan fingerprint density at radius 2 is 2.19 bits per heavy atom. The number of ether oxygens (including phenoxy) is 1. The monoisotopic (exact) mass is 364 g/mol. The highest BCUT2D eigenvalue weighted by molar-refractivity contribution is 6.01. The number of halogens is 1. The van der Waals surface area contributed by atoms with Gasteiger partial charge >= 0.3 is 0 Å². The van der Waals surface area contributed by atoms with Gasteiger partial charge in [0, 0.05) is 44.8 Å². The molecule has 0 aromatic heterocycles. The number of nitrogens with one attached hydrogen (secondary N) is 1. The van der Waals surface area contributed by atoms with Gasteiger partial charge in [-0.2, -0.15) is 0 Å². The third-order valence-corrected chi connectivity index (χ3v) is 5.06. The van der Waals surface area contributed by atoms with E-state index in [1.165, 1.54) is 12.1 Å². The first-order valence-electron chi connectivity index (χ1n) is 9.08. The first kappa shape index (κ1) is 18.8. The Bertz CT molecular complexity index is 659. The Labute approximate surface area is 152 Å². The van der Waals surface area contributed by atoms with Crippen LogP contribution in [0.4, 0.5) is 4.39 Å². The number of carbonyl (C=O) groups excluding carboxylic acids is 1. The van der Waals surface area contributed by atoms with Crippen LogP contribution < -0.4 is 5.32 Å². The van der Waals surface area contributed by atoms with E-state index in [0.29, 0.717) is 63.1 Å². The van der Waals surface area contributed by atoms with E-state index < -0.39 is 5.41 Å². The number of nitrogens with zero attached hydrogens (tertiary/aromatic N) is 1. The molecule has 2 aliphatic heterocycles. The highest BCUT2D eigenvalue weighted by Gasteiger charge is 2.43. The number of oxime groups is 1. The van der Waals surface area contributed by atoms with Gasteiger partial charge < -0.3 is 20.0 Å². The van der Waals surface area contributed by atoms with Crippen LogP contribution >= 0.6 is 0 Å². The summed E-state index contributed by atoms with van der Waals surface area (Å²) in [7, 11) is 0. The van der Waals surface area contributed by atoms with Crippen LogP contribution in [0.15, 0.2) is 29.4 Å². The number of aliphatic hydroxyl groups excluding tert-OH is 1. The quantitative estimate of drug-likeness (QED) is 0.726. The second-order valence-electron chi connectivity index (χ2n) is 6.91. The SMILES string of the molecule is O=C(NCCCO)C1(CC2CC(c3cccc(F)c3)=NO2)CCOCC1. The van der Waals surface area contributed by atoms with E-state index in [4.69, 9.17) is 14.7 Å². The number of hydrogen-bond donors (Lipinski definition) is 2. The first-order valence-corrected chi connectivity index (χ1v) is 9.08. The van der Waals surface area contributed by atoms with E-state index >= 15 is 0 Å². The van der Waals surface area contributed by atoms with Crippen molar-refractivity contribution < 1.29 is 23.9 Å². The summed E-state index contributed by atoms with van der Waals surface area (Å²) in [6.07, 6.45) is 2.68. The highest BCUT2D eigenvalue weighted by Crippen LogP contribution is 2.38. The number of carbonyl (C=O) groups is 1. The molecular weight excluding hydrogens is 339 g/mol. The zero-order valence-corrected chi connectivity index (χ0v) is 14.7. The lowest BCUT2D eigenvalue weighted by molar-refractivity contribution is -0.140. The van der Waals surface area contributed by atoms with Crippen molar-refractivity contribution >= 4 is 11.6 Å². The lowest BCUT2D eigenvalue weighted by atomic mass is 9.74. The van der Waals surface area contributed by atoms with Crippen LogP contribution in [0, 0.1) is 11.2 Å². The molecule has 1 aromatic rings. The smallest absolute Gasteiger partial charge is 0.226 e. The molecule has 1 aromatic carbocycles. The van der Waals surface area contributed by atoms with E-state index in [0.717, 1.165) is 0 Å². The molecule has 1 saturated heterocycles. The molecule has 0 saturated carbocycles. The third kappa shape index (κ3) is 4.40. The maximum absolute atomic E-state index is 13.4. The van der Waals surface area contributed by atoms with Crippen LogP contribution in [-0.4, -0.2) is 49.2 Å². The van der Waals surface area contributed by atoms with Gasteiger partial charge in [0.1, 0.15) is 11.9 Å². The summed E-state index contributed by atoms with van der Waals surface area (Å²) in [4.78, 5) is 18.4. The van der Waals surface area contributed by atoms with Crippen LogP contribution in [0.2, 0.25) is 0 Å². The molecule has 0 aliphatic carbocycles. The molecule has 2 N–H and O–H groups in total. The minimum atomic E-state index is -0.550. The van der Waals surface area contributed by atoms with Crippen LogP contribution in [0.3, 0.4) is 0 Å². The molecule has 1 atom stereocenters.